The fourth-order valence-corrected chi connectivity index (χ4v) is 4.31. The van der Waals surface area contributed by atoms with E-state index in [4.69, 9.17) is 21.7 Å². The molecule has 2 aromatic carbocycles. The van der Waals surface area contributed by atoms with E-state index >= 15 is 0 Å². The number of carbonyl (C=O) groups is 1. The molecular weight excluding hydrogens is 402 g/mol. The molecule has 0 radical (unpaired) electrons. The first-order valence-electron chi connectivity index (χ1n) is 9.67. The largest absolute Gasteiger partial charge is 0.493 e. The van der Waals surface area contributed by atoms with Crippen LogP contribution in [0.3, 0.4) is 0 Å². The third kappa shape index (κ3) is 5.40. The minimum Gasteiger partial charge on any atom is -0.493 e. The minimum absolute atomic E-state index is 0.0424. The van der Waals surface area contributed by atoms with Gasteiger partial charge in [0.1, 0.15) is 15.8 Å². The summed E-state index contributed by atoms with van der Waals surface area (Å²) < 4.78 is 12.4. The van der Waals surface area contributed by atoms with E-state index in [0.717, 1.165) is 29.0 Å². The number of thiocarbonyl (C=S) groups is 1. The van der Waals surface area contributed by atoms with Gasteiger partial charge in [-0.05, 0) is 50.1 Å². The highest BCUT2D eigenvalue weighted by Crippen LogP contribution is 2.34. The molecule has 1 heterocycles. The molecule has 0 N–H and O–H groups in total. The standard InChI is InChI=1S/C23H25NO3S2/c1-4-24-22(25)21(29-23(24)28)15-18-8-5-6-9-19(18)26-12-7-13-27-20-14-16(2)10-11-17(20)3/h5-6,8-11,14-15H,4,7,12-13H2,1-3H3/b21-15+. The highest BCUT2D eigenvalue weighted by molar-refractivity contribution is 8.26. The van der Waals surface area contributed by atoms with Crippen LogP contribution >= 0.6 is 24.0 Å². The number of thioether (sulfide) groups is 1. The Labute approximate surface area is 181 Å². The number of rotatable bonds is 8. The van der Waals surface area contributed by atoms with E-state index in [9.17, 15) is 4.79 Å². The summed E-state index contributed by atoms with van der Waals surface area (Å²) in [6.45, 7) is 7.72. The van der Waals surface area contributed by atoms with E-state index in [1.165, 1.54) is 17.3 Å². The van der Waals surface area contributed by atoms with Crippen LogP contribution in [0, 0.1) is 13.8 Å². The van der Waals surface area contributed by atoms with Gasteiger partial charge in [0.25, 0.3) is 5.91 Å². The molecule has 1 aliphatic heterocycles. The minimum atomic E-state index is -0.0424. The van der Waals surface area contributed by atoms with Crippen LogP contribution in [0.5, 0.6) is 11.5 Å². The van der Waals surface area contributed by atoms with Crippen LogP contribution in [0.15, 0.2) is 47.4 Å². The number of para-hydroxylation sites is 1. The molecule has 1 fully saturated rings. The van der Waals surface area contributed by atoms with Gasteiger partial charge in [-0.1, -0.05) is 54.3 Å². The number of hydrogen-bond acceptors (Lipinski definition) is 5. The second kappa shape index (κ2) is 9.94. The van der Waals surface area contributed by atoms with Gasteiger partial charge in [0.15, 0.2) is 0 Å². The number of aryl methyl sites for hydroxylation is 2. The normalized spacial score (nSPS) is 15.3. The molecule has 1 aliphatic rings. The van der Waals surface area contributed by atoms with Crippen LogP contribution in [0.1, 0.15) is 30.0 Å². The summed E-state index contributed by atoms with van der Waals surface area (Å²) in [4.78, 5) is 14.7. The maximum Gasteiger partial charge on any atom is 0.266 e. The van der Waals surface area contributed by atoms with Crippen LogP contribution in [0.25, 0.3) is 6.08 Å². The van der Waals surface area contributed by atoms with E-state index in [1.807, 2.05) is 44.2 Å². The van der Waals surface area contributed by atoms with Crippen molar-refractivity contribution in [1.82, 2.24) is 4.90 Å². The predicted molar refractivity (Wildman–Crippen MR) is 124 cm³/mol. The molecule has 1 amide bonds. The second-order valence-electron chi connectivity index (χ2n) is 6.78. The van der Waals surface area contributed by atoms with Gasteiger partial charge in [0.05, 0.1) is 18.1 Å². The summed E-state index contributed by atoms with van der Waals surface area (Å²) >= 11 is 6.62. The summed E-state index contributed by atoms with van der Waals surface area (Å²) in [6.07, 6.45) is 2.62. The molecule has 0 saturated carbocycles. The van der Waals surface area contributed by atoms with E-state index in [1.54, 1.807) is 4.90 Å². The Morgan fingerprint density at radius 1 is 1.07 bits per heavy atom. The Morgan fingerprint density at radius 2 is 1.79 bits per heavy atom. The molecule has 0 atom stereocenters. The SMILES string of the molecule is CCN1C(=O)/C(=C\c2ccccc2OCCCOc2cc(C)ccc2C)SC1=S. The molecule has 0 aromatic heterocycles. The molecule has 29 heavy (non-hydrogen) atoms. The van der Waals surface area contributed by atoms with Crippen LogP contribution in [0.2, 0.25) is 0 Å². The van der Waals surface area contributed by atoms with E-state index in [2.05, 4.69) is 25.1 Å². The van der Waals surface area contributed by atoms with Crippen molar-refractivity contribution < 1.29 is 14.3 Å². The summed E-state index contributed by atoms with van der Waals surface area (Å²) in [5, 5.41) is 0. The topological polar surface area (TPSA) is 38.8 Å². The number of amides is 1. The van der Waals surface area contributed by atoms with E-state index < -0.39 is 0 Å². The van der Waals surface area contributed by atoms with Crippen LogP contribution in [0.4, 0.5) is 0 Å². The lowest BCUT2D eigenvalue weighted by Crippen LogP contribution is -2.27. The van der Waals surface area contributed by atoms with Gasteiger partial charge in [-0.2, -0.15) is 0 Å². The Kier molecular flexibility index (Phi) is 7.34. The number of ether oxygens (including phenoxy) is 2. The van der Waals surface area contributed by atoms with Gasteiger partial charge >= 0.3 is 0 Å². The third-order valence-electron chi connectivity index (χ3n) is 4.54. The van der Waals surface area contributed by atoms with Crippen molar-refractivity contribution in [2.75, 3.05) is 19.8 Å². The van der Waals surface area contributed by atoms with Crippen LogP contribution < -0.4 is 9.47 Å². The van der Waals surface area contributed by atoms with Gasteiger partial charge in [-0.3, -0.25) is 9.69 Å². The lowest BCUT2D eigenvalue weighted by Gasteiger charge is -2.12. The second-order valence-corrected chi connectivity index (χ2v) is 8.46. The van der Waals surface area contributed by atoms with Gasteiger partial charge in [0, 0.05) is 18.5 Å². The molecule has 4 nitrogen and oxygen atoms in total. The number of nitrogens with zero attached hydrogens (tertiary/aromatic N) is 1. The highest BCUT2D eigenvalue weighted by atomic mass is 32.2. The number of likely N-dealkylation sites (N-methyl/N-ethyl adjacent to an activating group) is 1. The first kappa shape index (κ1) is 21.4. The summed E-state index contributed by atoms with van der Waals surface area (Å²) in [7, 11) is 0. The Balaban J connectivity index is 1.57. The molecule has 6 heteroatoms. The fourth-order valence-electron chi connectivity index (χ4n) is 2.93. The van der Waals surface area contributed by atoms with Crippen LogP contribution in [-0.4, -0.2) is 34.9 Å². The quantitative estimate of drug-likeness (QED) is 0.322. The molecule has 0 unspecified atom stereocenters. The predicted octanol–water partition coefficient (Wildman–Crippen LogP) is 5.37. The van der Waals surface area contributed by atoms with Gasteiger partial charge in [-0.25, -0.2) is 0 Å². The monoisotopic (exact) mass is 427 g/mol. The molecule has 1 saturated heterocycles. The molecule has 0 aliphatic carbocycles. The average Bonchev–Trinajstić information content (AvgIpc) is 2.97. The molecular formula is C23H25NO3S2. The summed E-state index contributed by atoms with van der Waals surface area (Å²) in [5.74, 6) is 1.63. The van der Waals surface area contributed by atoms with Crippen molar-refractivity contribution in [3.8, 4) is 11.5 Å². The highest BCUT2D eigenvalue weighted by Gasteiger charge is 2.30. The summed E-state index contributed by atoms with van der Waals surface area (Å²) in [5.41, 5.74) is 3.19. The fraction of sp³-hybridized carbons (Fsp3) is 0.304. The first-order chi connectivity index (χ1) is 14.0. The number of carbonyl (C=O) groups excluding carboxylic acids is 1. The average molecular weight is 428 g/mol. The Morgan fingerprint density at radius 3 is 2.52 bits per heavy atom. The zero-order valence-corrected chi connectivity index (χ0v) is 18.6. The molecule has 152 valence electrons. The molecule has 0 bridgehead atoms. The van der Waals surface area contributed by atoms with Gasteiger partial charge in [0.2, 0.25) is 0 Å². The van der Waals surface area contributed by atoms with Crippen molar-refractivity contribution in [3.05, 3.63) is 64.1 Å². The lowest BCUT2D eigenvalue weighted by molar-refractivity contribution is -0.121. The van der Waals surface area contributed by atoms with Crippen molar-refractivity contribution in [2.45, 2.75) is 27.2 Å². The van der Waals surface area contributed by atoms with E-state index in [-0.39, 0.29) is 5.91 Å². The van der Waals surface area contributed by atoms with Gasteiger partial charge < -0.3 is 9.47 Å². The van der Waals surface area contributed by atoms with Crippen LogP contribution in [-0.2, 0) is 4.79 Å². The maximum absolute atomic E-state index is 12.4. The molecule has 2 aromatic rings. The number of hydrogen-bond donors (Lipinski definition) is 0. The first-order valence-corrected chi connectivity index (χ1v) is 10.9. The van der Waals surface area contributed by atoms with Gasteiger partial charge in [-0.15, -0.1) is 0 Å². The van der Waals surface area contributed by atoms with E-state index in [0.29, 0.717) is 29.0 Å². The third-order valence-corrected chi connectivity index (χ3v) is 5.92. The Hall–Kier alpha value is -2.31. The van der Waals surface area contributed by atoms with Crippen molar-refractivity contribution in [2.24, 2.45) is 0 Å². The summed E-state index contributed by atoms with van der Waals surface area (Å²) in [6, 6.07) is 13.9. The number of benzene rings is 2. The molecule has 0 spiro atoms. The zero-order chi connectivity index (χ0) is 20.8. The smallest absolute Gasteiger partial charge is 0.266 e. The van der Waals surface area contributed by atoms with Crippen molar-refractivity contribution >= 4 is 40.3 Å². The Bertz CT molecular complexity index is 939. The molecule has 3 rings (SSSR count). The lowest BCUT2D eigenvalue weighted by atomic mass is 10.1. The zero-order valence-electron chi connectivity index (χ0n) is 16.9. The maximum atomic E-state index is 12.4. The van der Waals surface area contributed by atoms with Crippen molar-refractivity contribution in [1.29, 1.82) is 0 Å². The van der Waals surface area contributed by atoms with Crippen molar-refractivity contribution in [3.63, 3.8) is 0 Å².